The molecule has 0 aromatic heterocycles. The first-order valence-corrected chi connectivity index (χ1v) is 9.48. The quantitative estimate of drug-likeness (QED) is 0.809. The smallest absolute Gasteiger partial charge is 0.147 e. The Morgan fingerprint density at radius 2 is 1.84 bits per heavy atom. The van der Waals surface area contributed by atoms with Crippen molar-refractivity contribution >= 4 is 9.84 Å². The second-order valence-electron chi connectivity index (χ2n) is 7.45. The second kappa shape index (κ2) is 6.13. The van der Waals surface area contributed by atoms with Crippen molar-refractivity contribution in [3.8, 4) is 0 Å². The summed E-state index contributed by atoms with van der Waals surface area (Å²) in [5.41, 5.74) is -0.331. The van der Waals surface area contributed by atoms with Crippen molar-refractivity contribution < 1.29 is 13.5 Å². The monoisotopic (exact) mass is 290 g/mol. The normalized spacial score (nSPS) is 30.1. The first-order valence-electron chi connectivity index (χ1n) is 7.42. The Balaban J connectivity index is 2.50. The van der Waals surface area contributed by atoms with E-state index in [2.05, 4.69) is 20.8 Å². The predicted octanol–water partition coefficient (Wildman–Crippen LogP) is 3.17. The fraction of sp³-hybridized carbons (Fsp3) is 1.00. The van der Waals surface area contributed by atoms with Crippen LogP contribution in [-0.2, 0) is 9.84 Å². The number of rotatable bonds is 4. The third-order valence-electron chi connectivity index (χ3n) is 4.53. The Morgan fingerprint density at radius 1 is 1.21 bits per heavy atom. The van der Waals surface area contributed by atoms with E-state index in [0.717, 1.165) is 25.7 Å². The van der Waals surface area contributed by atoms with Gasteiger partial charge in [-0.1, -0.05) is 27.2 Å². The van der Waals surface area contributed by atoms with Gasteiger partial charge in [-0.25, -0.2) is 8.42 Å². The van der Waals surface area contributed by atoms with Gasteiger partial charge in [0, 0.05) is 12.0 Å². The average molecular weight is 290 g/mol. The fourth-order valence-electron chi connectivity index (χ4n) is 3.17. The minimum atomic E-state index is -2.91. The molecule has 1 aliphatic carbocycles. The van der Waals surface area contributed by atoms with Crippen LogP contribution in [0.5, 0.6) is 0 Å². The van der Waals surface area contributed by atoms with Crippen LogP contribution in [0.15, 0.2) is 0 Å². The zero-order chi connectivity index (χ0) is 14.7. The van der Waals surface area contributed by atoms with Gasteiger partial charge < -0.3 is 5.11 Å². The van der Waals surface area contributed by atoms with Crippen molar-refractivity contribution in [3.63, 3.8) is 0 Å². The Morgan fingerprint density at radius 3 is 2.37 bits per heavy atom. The van der Waals surface area contributed by atoms with Crippen LogP contribution in [0.3, 0.4) is 0 Å². The van der Waals surface area contributed by atoms with Crippen molar-refractivity contribution in [1.82, 2.24) is 0 Å². The maximum absolute atomic E-state index is 11.1. The number of sulfone groups is 1. The zero-order valence-corrected chi connectivity index (χ0v) is 13.7. The molecule has 4 heteroatoms. The molecule has 0 bridgehead atoms. The van der Waals surface area contributed by atoms with Gasteiger partial charge in [0.25, 0.3) is 0 Å². The van der Waals surface area contributed by atoms with E-state index in [4.69, 9.17) is 0 Å². The second-order valence-corrected chi connectivity index (χ2v) is 9.71. The maximum Gasteiger partial charge on any atom is 0.147 e. The summed E-state index contributed by atoms with van der Waals surface area (Å²) in [5.74, 6) is 0.856. The van der Waals surface area contributed by atoms with Crippen molar-refractivity contribution in [2.24, 2.45) is 11.3 Å². The van der Waals surface area contributed by atoms with Gasteiger partial charge in [0.05, 0.1) is 5.60 Å². The first kappa shape index (κ1) is 17.0. The molecule has 0 amide bonds. The van der Waals surface area contributed by atoms with Crippen molar-refractivity contribution in [2.45, 2.75) is 71.3 Å². The van der Waals surface area contributed by atoms with E-state index < -0.39 is 15.4 Å². The molecular weight excluding hydrogens is 260 g/mol. The average Bonchev–Trinajstić information content (AvgIpc) is 2.37. The summed E-state index contributed by atoms with van der Waals surface area (Å²) in [5, 5.41) is 10.6. The van der Waals surface area contributed by atoms with Crippen LogP contribution in [0, 0.1) is 11.3 Å². The molecule has 3 nitrogen and oxygen atoms in total. The molecule has 19 heavy (non-hydrogen) atoms. The van der Waals surface area contributed by atoms with Crippen LogP contribution in [0.25, 0.3) is 0 Å². The van der Waals surface area contributed by atoms with Gasteiger partial charge >= 0.3 is 0 Å². The summed E-state index contributed by atoms with van der Waals surface area (Å²) in [6, 6.07) is 0. The molecule has 0 radical (unpaired) electrons. The molecule has 0 aliphatic heterocycles. The molecule has 2 unspecified atom stereocenters. The van der Waals surface area contributed by atoms with E-state index in [-0.39, 0.29) is 5.75 Å². The lowest BCUT2D eigenvalue weighted by atomic mass is 9.76. The van der Waals surface area contributed by atoms with Gasteiger partial charge in [-0.05, 0) is 49.9 Å². The Bertz CT molecular complexity index is 381. The molecule has 1 saturated carbocycles. The van der Waals surface area contributed by atoms with Crippen LogP contribution in [0.4, 0.5) is 0 Å². The lowest BCUT2D eigenvalue weighted by Crippen LogP contribution is -2.29. The Kier molecular flexibility index (Phi) is 5.47. The minimum Gasteiger partial charge on any atom is -0.390 e. The van der Waals surface area contributed by atoms with Crippen molar-refractivity contribution in [1.29, 1.82) is 0 Å². The van der Waals surface area contributed by atoms with E-state index >= 15 is 0 Å². The largest absolute Gasteiger partial charge is 0.390 e. The third-order valence-corrected chi connectivity index (χ3v) is 5.57. The molecule has 1 rings (SSSR count). The molecule has 0 heterocycles. The van der Waals surface area contributed by atoms with Crippen molar-refractivity contribution in [3.05, 3.63) is 0 Å². The molecule has 0 aromatic rings. The summed E-state index contributed by atoms with van der Waals surface area (Å²) < 4.78 is 22.3. The SMILES string of the molecule is CC(C)(C)C1CCCC(O)(CCCS(C)(=O)=O)CC1. The van der Waals surface area contributed by atoms with Gasteiger partial charge in [-0.3, -0.25) is 0 Å². The minimum absolute atomic E-state index is 0.192. The Labute approximate surface area is 118 Å². The van der Waals surface area contributed by atoms with Crippen molar-refractivity contribution in [2.75, 3.05) is 12.0 Å². The molecule has 2 atom stereocenters. The Hall–Kier alpha value is -0.0900. The fourth-order valence-corrected chi connectivity index (χ4v) is 3.84. The highest BCUT2D eigenvalue weighted by Crippen LogP contribution is 2.41. The van der Waals surface area contributed by atoms with E-state index in [9.17, 15) is 13.5 Å². The molecule has 0 aromatic carbocycles. The summed E-state index contributed by atoms with van der Waals surface area (Å²) >= 11 is 0. The van der Waals surface area contributed by atoms with E-state index in [1.165, 1.54) is 12.7 Å². The lowest BCUT2D eigenvalue weighted by Gasteiger charge is -2.31. The molecular formula is C15H30O3S. The molecule has 1 fully saturated rings. The van der Waals surface area contributed by atoms with Gasteiger partial charge in [-0.2, -0.15) is 0 Å². The van der Waals surface area contributed by atoms with Gasteiger partial charge in [0.1, 0.15) is 9.84 Å². The first-order chi connectivity index (χ1) is 8.52. The van der Waals surface area contributed by atoms with E-state index in [0.29, 0.717) is 24.2 Å². The molecule has 1 aliphatic rings. The predicted molar refractivity (Wildman–Crippen MR) is 79.9 cm³/mol. The van der Waals surface area contributed by atoms with Crippen LogP contribution in [0.1, 0.15) is 65.7 Å². The van der Waals surface area contributed by atoms with Gasteiger partial charge in [0.15, 0.2) is 0 Å². The topological polar surface area (TPSA) is 54.4 Å². The standard InChI is InChI=1S/C15H30O3S/c1-14(2,3)13-7-5-9-15(16,11-8-13)10-6-12-19(4,17)18/h13,16H,5-12H2,1-4H3. The van der Waals surface area contributed by atoms with Crippen LogP contribution in [-0.4, -0.2) is 31.1 Å². The summed E-state index contributed by atoms with van der Waals surface area (Å²) in [4.78, 5) is 0. The molecule has 1 N–H and O–H groups in total. The van der Waals surface area contributed by atoms with Crippen LogP contribution in [0.2, 0.25) is 0 Å². The highest BCUT2D eigenvalue weighted by molar-refractivity contribution is 7.90. The molecule has 0 spiro atoms. The maximum atomic E-state index is 11.1. The highest BCUT2D eigenvalue weighted by atomic mass is 32.2. The summed E-state index contributed by atoms with van der Waals surface area (Å²) in [6.45, 7) is 6.81. The van der Waals surface area contributed by atoms with E-state index in [1.807, 2.05) is 0 Å². The third kappa shape index (κ3) is 6.26. The van der Waals surface area contributed by atoms with Gasteiger partial charge in [-0.15, -0.1) is 0 Å². The van der Waals surface area contributed by atoms with Crippen LogP contribution < -0.4 is 0 Å². The molecule has 0 saturated heterocycles. The summed E-state index contributed by atoms with van der Waals surface area (Å²) in [7, 11) is -2.91. The number of aliphatic hydroxyl groups is 1. The summed E-state index contributed by atoms with van der Waals surface area (Å²) in [6.07, 6.45) is 7.39. The number of hydrogen-bond donors (Lipinski definition) is 1. The van der Waals surface area contributed by atoms with Gasteiger partial charge in [0.2, 0.25) is 0 Å². The lowest BCUT2D eigenvalue weighted by molar-refractivity contribution is 0.0135. The van der Waals surface area contributed by atoms with Crippen LogP contribution >= 0.6 is 0 Å². The zero-order valence-electron chi connectivity index (χ0n) is 12.9. The molecule has 114 valence electrons. The highest BCUT2D eigenvalue weighted by Gasteiger charge is 2.34. The van der Waals surface area contributed by atoms with E-state index in [1.54, 1.807) is 0 Å². The number of hydrogen-bond acceptors (Lipinski definition) is 3.